The zero-order valence-electron chi connectivity index (χ0n) is 17.4. The summed E-state index contributed by atoms with van der Waals surface area (Å²) in [6, 6.07) is 4.19. The van der Waals surface area contributed by atoms with Gasteiger partial charge in [-0.15, -0.1) is 0 Å². The molecule has 1 unspecified atom stereocenters. The van der Waals surface area contributed by atoms with Crippen molar-refractivity contribution in [2.45, 2.75) is 39.2 Å². The molecule has 0 saturated heterocycles. The van der Waals surface area contributed by atoms with Crippen LogP contribution >= 0.6 is 0 Å². The van der Waals surface area contributed by atoms with E-state index in [0.29, 0.717) is 12.2 Å². The van der Waals surface area contributed by atoms with E-state index in [2.05, 4.69) is 33.0 Å². The summed E-state index contributed by atoms with van der Waals surface area (Å²) >= 11 is 0. The standard InChI is InChI=1S/C18H21N5O2.C2HF3O2/c1-3-25-18(24)15-10-20-23-7-6-22(12(2)17(15)23)11-14-8-13-9-19-5-4-16(13)21-14;3-2(4,5)1(6)7/h4-5,8-10,12,21H,3,6-7,11H2,1-2H3;(H,6,7). The van der Waals surface area contributed by atoms with Crippen LogP contribution in [0.2, 0.25) is 0 Å². The van der Waals surface area contributed by atoms with Gasteiger partial charge in [0.05, 0.1) is 31.1 Å². The summed E-state index contributed by atoms with van der Waals surface area (Å²) in [6.07, 6.45) is 0.196. The Kier molecular flexibility index (Phi) is 6.82. The molecular weight excluding hydrogens is 431 g/mol. The number of esters is 1. The second-order valence-corrected chi connectivity index (χ2v) is 7.09. The monoisotopic (exact) mass is 453 g/mol. The number of carboxylic acid groups (broad SMARTS) is 1. The molecule has 32 heavy (non-hydrogen) atoms. The van der Waals surface area contributed by atoms with Crippen molar-refractivity contribution in [3.8, 4) is 0 Å². The first-order chi connectivity index (χ1) is 15.1. The molecule has 0 amide bonds. The zero-order chi connectivity index (χ0) is 23.5. The fourth-order valence-electron chi connectivity index (χ4n) is 3.52. The van der Waals surface area contributed by atoms with Gasteiger partial charge in [-0.1, -0.05) is 0 Å². The average molecular weight is 453 g/mol. The molecule has 12 heteroatoms. The lowest BCUT2D eigenvalue weighted by Crippen LogP contribution is -2.37. The Hall–Kier alpha value is -3.41. The third-order valence-electron chi connectivity index (χ3n) is 5.01. The molecule has 0 aliphatic carbocycles. The number of alkyl halides is 3. The second-order valence-electron chi connectivity index (χ2n) is 7.09. The molecule has 0 spiro atoms. The molecular formula is C20H22F3N5O4. The number of fused-ring (bicyclic) bond motifs is 2. The predicted molar refractivity (Wildman–Crippen MR) is 107 cm³/mol. The number of carboxylic acids is 1. The zero-order valence-corrected chi connectivity index (χ0v) is 17.4. The first kappa shape index (κ1) is 23.3. The number of hydrogen-bond acceptors (Lipinski definition) is 6. The molecule has 1 aliphatic rings. The van der Waals surface area contributed by atoms with Crippen molar-refractivity contribution in [2.24, 2.45) is 0 Å². The van der Waals surface area contributed by atoms with E-state index in [1.807, 2.05) is 23.9 Å². The first-order valence-corrected chi connectivity index (χ1v) is 9.80. The second kappa shape index (κ2) is 9.39. The SMILES string of the molecule is CCOC(=O)c1cnn2c1C(C)N(Cc1cc3cnccc3[nH]1)CC2.O=C(O)C(F)(F)F. The van der Waals surface area contributed by atoms with Crippen LogP contribution in [-0.2, 0) is 22.6 Å². The van der Waals surface area contributed by atoms with Gasteiger partial charge in [0.1, 0.15) is 5.56 Å². The topological polar surface area (TPSA) is 113 Å². The minimum absolute atomic E-state index is 0.0835. The number of ether oxygens (including phenoxy) is 1. The highest BCUT2D eigenvalue weighted by Gasteiger charge is 2.38. The lowest BCUT2D eigenvalue weighted by Gasteiger charge is -2.34. The maximum atomic E-state index is 12.2. The number of halogens is 3. The van der Waals surface area contributed by atoms with Gasteiger partial charge in [0.2, 0.25) is 0 Å². The van der Waals surface area contributed by atoms with E-state index < -0.39 is 12.1 Å². The molecule has 1 aliphatic heterocycles. The van der Waals surface area contributed by atoms with E-state index >= 15 is 0 Å². The van der Waals surface area contributed by atoms with Crippen molar-refractivity contribution in [3.05, 3.63) is 47.7 Å². The quantitative estimate of drug-likeness (QED) is 0.584. The normalized spacial score (nSPS) is 16.2. The van der Waals surface area contributed by atoms with Gasteiger partial charge in [0.15, 0.2) is 0 Å². The van der Waals surface area contributed by atoms with Crippen LogP contribution < -0.4 is 0 Å². The minimum Gasteiger partial charge on any atom is -0.475 e. The highest BCUT2D eigenvalue weighted by atomic mass is 19.4. The number of hydrogen-bond donors (Lipinski definition) is 2. The van der Waals surface area contributed by atoms with E-state index in [1.165, 1.54) is 0 Å². The fourth-order valence-corrected chi connectivity index (χ4v) is 3.52. The molecule has 0 saturated carbocycles. The molecule has 3 aromatic rings. The molecule has 0 fully saturated rings. The van der Waals surface area contributed by atoms with Gasteiger partial charge in [0.25, 0.3) is 0 Å². The highest BCUT2D eigenvalue weighted by Crippen LogP contribution is 2.30. The third kappa shape index (κ3) is 5.07. The maximum Gasteiger partial charge on any atom is 0.490 e. The minimum atomic E-state index is -5.08. The molecule has 9 nitrogen and oxygen atoms in total. The van der Waals surface area contributed by atoms with Crippen molar-refractivity contribution in [3.63, 3.8) is 0 Å². The Labute approximate surface area is 180 Å². The summed E-state index contributed by atoms with van der Waals surface area (Å²) in [5.41, 5.74) is 3.73. The summed E-state index contributed by atoms with van der Waals surface area (Å²) in [7, 11) is 0. The summed E-state index contributed by atoms with van der Waals surface area (Å²) in [5.74, 6) is -3.05. The van der Waals surface area contributed by atoms with E-state index in [4.69, 9.17) is 14.6 Å². The van der Waals surface area contributed by atoms with E-state index in [1.54, 1.807) is 12.4 Å². The summed E-state index contributed by atoms with van der Waals surface area (Å²) in [4.78, 5) is 31.0. The molecule has 0 radical (unpaired) electrons. The van der Waals surface area contributed by atoms with Gasteiger partial charge in [-0.25, -0.2) is 9.59 Å². The van der Waals surface area contributed by atoms with Crippen molar-refractivity contribution < 1.29 is 32.6 Å². The Bertz CT molecular complexity index is 1080. The Morgan fingerprint density at radius 3 is 2.66 bits per heavy atom. The number of aromatic amines is 1. The lowest BCUT2D eigenvalue weighted by atomic mass is 10.1. The fraction of sp³-hybridized carbons (Fsp3) is 0.400. The predicted octanol–water partition coefficient (Wildman–Crippen LogP) is 3.15. The molecule has 0 aromatic carbocycles. The number of nitrogens with zero attached hydrogens (tertiary/aromatic N) is 4. The smallest absolute Gasteiger partial charge is 0.475 e. The van der Waals surface area contributed by atoms with E-state index in [9.17, 15) is 18.0 Å². The number of pyridine rings is 1. The van der Waals surface area contributed by atoms with Crippen LogP contribution in [0.15, 0.2) is 30.7 Å². The van der Waals surface area contributed by atoms with Crippen LogP contribution in [0.4, 0.5) is 13.2 Å². The van der Waals surface area contributed by atoms with Crippen molar-refractivity contribution in [1.29, 1.82) is 0 Å². The molecule has 172 valence electrons. The highest BCUT2D eigenvalue weighted by molar-refractivity contribution is 5.90. The van der Waals surface area contributed by atoms with Crippen LogP contribution in [0.1, 0.15) is 41.6 Å². The molecule has 1 atom stereocenters. The maximum absolute atomic E-state index is 12.2. The number of nitrogens with one attached hydrogen (secondary N) is 1. The van der Waals surface area contributed by atoms with Gasteiger partial charge in [-0.3, -0.25) is 14.6 Å². The number of carbonyl (C=O) groups excluding carboxylic acids is 1. The summed E-state index contributed by atoms with van der Waals surface area (Å²) in [5, 5.41) is 12.6. The van der Waals surface area contributed by atoms with Gasteiger partial charge >= 0.3 is 18.1 Å². The van der Waals surface area contributed by atoms with Crippen LogP contribution in [0.25, 0.3) is 10.9 Å². The van der Waals surface area contributed by atoms with Gasteiger partial charge in [-0.05, 0) is 26.0 Å². The largest absolute Gasteiger partial charge is 0.490 e. The lowest BCUT2D eigenvalue weighted by molar-refractivity contribution is -0.192. The van der Waals surface area contributed by atoms with E-state index in [0.717, 1.165) is 41.9 Å². The molecule has 2 N–H and O–H groups in total. The van der Waals surface area contributed by atoms with Crippen LogP contribution in [0, 0.1) is 0 Å². The average Bonchev–Trinajstić information content (AvgIpc) is 3.34. The van der Waals surface area contributed by atoms with Crippen LogP contribution in [-0.4, -0.2) is 61.0 Å². The van der Waals surface area contributed by atoms with Crippen molar-refractivity contribution in [2.75, 3.05) is 13.2 Å². The third-order valence-corrected chi connectivity index (χ3v) is 5.01. The number of carbonyl (C=O) groups is 2. The Morgan fingerprint density at radius 2 is 2.03 bits per heavy atom. The Balaban J connectivity index is 0.000000360. The summed E-state index contributed by atoms with van der Waals surface area (Å²) in [6.45, 7) is 6.72. The van der Waals surface area contributed by atoms with Crippen LogP contribution in [0.3, 0.4) is 0 Å². The number of aromatic nitrogens is 4. The number of rotatable bonds is 4. The van der Waals surface area contributed by atoms with E-state index in [-0.39, 0.29) is 12.0 Å². The number of aliphatic carboxylic acids is 1. The molecule has 4 heterocycles. The van der Waals surface area contributed by atoms with Gasteiger partial charge in [-0.2, -0.15) is 18.3 Å². The molecule has 3 aromatic heterocycles. The summed E-state index contributed by atoms with van der Waals surface area (Å²) < 4.78 is 38.8. The molecule has 4 rings (SSSR count). The van der Waals surface area contributed by atoms with Gasteiger partial charge < -0.3 is 14.8 Å². The van der Waals surface area contributed by atoms with Crippen molar-refractivity contribution in [1.82, 2.24) is 24.6 Å². The van der Waals surface area contributed by atoms with Crippen molar-refractivity contribution >= 4 is 22.8 Å². The first-order valence-electron chi connectivity index (χ1n) is 9.80. The molecule has 0 bridgehead atoms. The van der Waals surface area contributed by atoms with Crippen LogP contribution in [0.5, 0.6) is 0 Å². The van der Waals surface area contributed by atoms with Gasteiger partial charge in [0, 0.05) is 42.1 Å². The Morgan fingerprint density at radius 1 is 1.31 bits per heavy atom. The number of H-pyrrole nitrogens is 1.